The molecule has 1 aromatic rings. The van der Waals surface area contributed by atoms with Crippen LogP contribution in [0.25, 0.3) is 0 Å². The second-order valence-corrected chi connectivity index (χ2v) is 7.67. The molecule has 2 saturated heterocycles. The van der Waals surface area contributed by atoms with Crippen LogP contribution in [-0.2, 0) is 9.53 Å². The summed E-state index contributed by atoms with van der Waals surface area (Å²) in [7, 11) is 0. The molecular formula is C17H21NO3S. The number of rotatable bonds is 5. The van der Waals surface area contributed by atoms with Gasteiger partial charge in [-0.15, -0.1) is 11.3 Å². The molecule has 22 heavy (non-hydrogen) atoms. The van der Waals surface area contributed by atoms with Crippen LogP contribution >= 0.6 is 11.3 Å². The lowest BCUT2D eigenvalue weighted by Gasteiger charge is -2.55. The van der Waals surface area contributed by atoms with Crippen LogP contribution in [0.2, 0.25) is 0 Å². The zero-order valence-electron chi connectivity index (χ0n) is 12.6. The summed E-state index contributed by atoms with van der Waals surface area (Å²) in [6.45, 7) is 1.57. The molecule has 0 bridgehead atoms. The molecule has 118 valence electrons. The number of ether oxygens (including phenoxy) is 1. The monoisotopic (exact) mass is 319 g/mol. The number of amides is 1. The van der Waals surface area contributed by atoms with Gasteiger partial charge in [-0.2, -0.15) is 0 Å². The predicted molar refractivity (Wildman–Crippen MR) is 84.0 cm³/mol. The summed E-state index contributed by atoms with van der Waals surface area (Å²) in [6, 6.07) is 3.98. The van der Waals surface area contributed by atoms with Crippen molar-refractivity contribution in [1.82, 2.24) is 4.90 Å². The van der Waals surface area contributed by atoms with Gasteiger partial charge in [-0.25, -0.2) is 0 Å². The number of carbonyl (C=O) groups excluding carboxylic acids is 2. The third-order valence-electron chi connectivity index (χ3n) is 5.20. The van der Waals surface area contributed by atoms with Crippen molar-refractivity contribution in [3.63, 3.8) is 0 Å². The first-order chi connectivity index (χ1) is 10.7. The summed E-state index contributed by atoms with van der Waals surface area (Å²) < 4.78 is 6.00. The highest BCUT2D eigenvalue weighted by Crippen LogP contribution is 2.51. The lowest BCUT2D eigenvalue weighted by molar-refractivity contribution is -0.184. The first-order valence-corrected chi connectivity index (χ1v) is 9.08. The van der Waals surface area contributed by atoms with Crippen molar-refractivity contribution >= 4 is 23.0 Å². The van der Waals surface area contributed by atoms with Crippen LogP contribution in [0.5, 0.6) is 0 Å². The van der Waals surface area contributed by atoms with Gasteiger partial charge in [0.05, 0.1) is 17.5 Å². The van der Waals surface area contributed by atoms with Crippen molar-refractivity contribution in [2.24, 2.45) is 5.92 Å². The Morgan fingerprint density at radius 2 is 2.23 bits per heavy atom. The molecule has 1 saturated carbocycles. The Hall–Kier alpha value is -1.20. The zero-order valence-corrected chi connectivity index (χ0v) is 13.4. The van der Waals surface area contributed by atoms with Crippen LogP contribution in [0, 0.1) is 5.92 Å². The maximum absolute atomic E-state index is 12.5. The fourth-order valence-corrected chi connectivity index (χ4v) is 4.69. The minimum Gasteiger partial charge on any atom is -0.371 e. The van der Waals surface area contributed by atoms with E-state index in [1.807, 2.05) is 22.4 Å². The summed E-state index contributed by atoms with van der Waals surface area (Å²) in [5, 5.41) is 1.90. The van der Waals surface area contributed by atoms with Gasteiger partial charge in [0, 0.05) is 19.4 Å². The van der Waals surface area contributed by atoms with E-state index in [1.165, 1.54) is 24.2 Å². The number of Topliss-reactive ketones (excluding diaryl/α,β-unsaturated/α-hetero) is 1. The molecule has 4 nitrogen and oxygen atoms in total. The average molecular weight is 319 g/mol. The lowest BCUT2D eigenvalue weighted by atomic mass is 9.77. The second-order valence-electron chi connectivity index (χ2n) is 6.72. The second kappa shape index (κ2) is 5.46. The van der Waals surface area contributed by atoms with Gasteiger partial charge >= 0.3 is 0 Å². The van der Waals surface area contributed by atoms with E-state index in [2.05, 4.69) is 0 Å². The van der Waals surface area contributed by atoms with Crippen LogP contribution < -0.4 is 0 Å². The van der Waals surface area contributed by atoms with Gasteiger partial charge in [-0.05, 0) is 43.0 Å². The summed E-state index contributed by atoms with van der Waals surface area (Å²) in [5.41, 5.74) is -0.0470. The number of carbonyl (C=O) groups is 2. The molecule has 1 aromatic heterocycles. The summed E-state index contributed by atoms with van der Waals surface area (Å²) in [6.07, 6.45) is 5.28. The van der Waals surface area contributed by atoms with Gasteiger partial charge in [-0.3, -0.25) is 9.59 Å². The minimum atomic E-state index is -0.0470. The number of likely N-dealkylation sites (tertiary alicyclic amines) is 1. The Morgan fingerprint density at radius 1 is 1.36 bits per heavy atom. The first-order valence-electron chi connectivity index (χ1n) is 8.20. The summed E-state index contributed by atoms with van der Waals surface area (Å²) in [5.74, 6) is 0.838. The zero-order chi connectivity index (χ0) is 15.2. The highest BCUT2D eigenvalue weighted by atomic mass is 32.1. The van der Waals surface area contributed by atoms with Gasteiger partial charge in [0.2, 0.25) is 5.91 Å². The van der Waals surface area contributed by atoms with E-state index >= 15 is 0 Å². The quantitative estimate of drug-likeness (QED) is 0.784. The molecule has 1 amide bonds. The third kappa shape index (κ3) is 2.40. The maximum atomic E-state index is 12.5. The van der Waals surface area contributed by atoms with E-state index in [9.17, 15) is 9.59 Å². The minimum absolute atomic E-state index is 0.0470. The van der Waals surface area contributed by atoms with Crippen molar-refractivity contribution in [3.05, 3.63) is 22.4 Å². The van der Waals surface area contributed by atoms with E-state index < -0.39 is 0 Å². The molecule has 0 aromatic carbocycles. The van der Waals surface area contributed by atoms with Gasteiger partial charge in [-0.1, -0.05) is 6.07 Å². The Kier molecular flexibility index (Phi) is 3.57. The summed E-state index contributed by atoms with van der Waals surface area (Å²) >= 11 is 1.45. The van der Waals surface area contributed by atoms with Gasteiger partial charge in [0.15, 0.2) is 5.78 Å². The highest BCUT2D eigenvalue weighted by molar-refractivity contribution is 7.12. The van der Waals surface area contributed by atoms with Crippen molar-refractivity contribution in [1.29, 1.82) is 0 Å². The number of hydrogen-bond acceptors (Lipinski definition) is 4. The molecular weight excluding hydrogens is 298 g/mol. The van der Waals surface area contributed by atoms with Crippen LogP contribution in [0.3, 0.4) is 0 Å². The van der Waals surface area contributed by atoms with Crippen LogP contribution in [0.1, 0.15) is 48.2 Å². The molecule has 2 aliphatic heterocycles. The van der Waals surface area contributed by atoms with E-state index in [0.29, 0.717) is 18.8 Å². The average Bonchev–Trinajstić information content (AvgIpc) is 3.00. The fraction of sp³-hybridized carbons (Fsp3) is 0.647. The van der Waals surface area contributed by atoms with E-state index in [4.69, 9.17) is 4.74 Å². The molecule has 3 fully saturated rings. The number of thiophene rings is 1. The van der Waals surface area contributed by atoms with E-state index in [0.717, 1.165) is 30.9 Å². The standard InChI is InChI=1S/C17H21NO3S/c19-13(14-3-1-10-22-14)6-7-15(20)18-11-17(8-2-9-21-17)16(18)12-4-5-12/h1,3,10,12,16H,2,4-9,11H2/t16-,17+/m0/s1. The van der Waals surface area contributed by atoms with E-state index in [-0.39, 0.29) is 23.3 Å². The molecule has 0 unspecified atom stereocenters. The molecule has 5 heteroatoms. The molecule has 3 aliphatic rings. The Morgan fingerprint density at radius 3 is 2.86 bits per heavy atom. The highest BCUT2D eigenvalue weighted by Gasteiger charge is 2.61. The van der Waals surface area contributed by atoms with Gasteiger partial charge in [0.25, 0.3) is 0 Å². The normalized spacial score (nSPS) is 30.5. The topological polar surface area (TPSA) is 46.6 Å². The Balaban J connectivity index is 1.36. The number of nitrogens with zero attached hydrogens (tertiary/aromatic N) is 1. The van der Waals surface area contributed by atoms with E-state index in [1.54, 1.807) is 0 Å². The Bertz CT molecular complexity index is 573. The molecule has 1 spiro atoms. The third-order valence-corrected chi connectivity index (χ3v) is 6.11. The fourth-order valence-electron chi connectivity index (χ4n) is 3.99. The van der Waals surface area contributed by atoms with Crippen LogP contribution in [0.15, 0.2) is 17.5 Å². The predicted octanol–water partition coefficient (Wildman–Crippen LogP) is 2.88. The first kappa shape index (κ1) is 14.4. The Labute approximate surface area is 134 Å². The van der Waals surface area contributed by atoms with Crippen molar-refractivity contribution < 1.29 is 14.3 Å². The largest absolute Gasteiger partial charge is 0.371 e. The van der Waals surface area contributed by atoms with Crippen molar-refractivity contribution in [2.45, 2.75) is 50.2 Å². The SMILES string of the molecule is O=C(CCC(=O)N1C[C@]2(CCCO2)[C@@H]1C1CC1)c1cccs1. The van der Waals surface area contributed by atoms with Crippen LogP contribution in [-0.4, -0.2) is 41.4 Å². The van der Waals surface area contributed by atoms with Crippen molar-refractivity contribution in [2.75, 3.05) is 13.2 Å². The molecule has 0 N–H and O–H groups in total. The number of hydrogen-bond donors (Lipinski definition) is 0. The van der Waals surface area contributed by atoms with Crippen molar-refractivity contribution in [3.8, 4) is 0 Å². The molecule has 0 radical (unpaired) electrons. The number of ketones is 1. The maximum Gasteiger partial charge on any atom is 0.223 e. The molecule has 3 heterocycles. The summed E-state index contributed by atoms with van der Waals surface area (Å²) in [4.78, 5) is 27.3. The molecule has 2 atom stereocenters. The molecule has 4 rings (SSSR count). The molecule has 1 aliphatic carbocycles. The van der Waals surface area contributed by atoms with Gasteiger partial charge in [0.1, 0.15) is 5.60 Å². The van der Waals surface area contributed by atoms with Gasteiger partial charge < -0.3 is 9.64 Å². The lowest BCUT2D eigenvalue weighted by Crippen LogP contribution is -2.71. The van der Waals surface area contributed by atoms with Crippen LogP contribution in [0.4, 0.5) is 0 Å². The smallest absolute Gasteiger partial charge is 0.223 e.